The fourth-order valence-corrected chi connectivity index (χ4v) is 3.80. The number of thioether (sulfide) groups is 1. The predicted octanol–water partition coefficient (Wildman–Crippen LogP) is 3.23. The smallest absolute Gasteiger partial charge is 0.276 e. The Balaban J connectivity index is 1.91. The first kappa shape index (κ1) is 17.2. The monoisotopic (exact) mass is 408 g/mol. The van der Waals surface area contributed by atoms with Gasteiger partial charge in [0.1, 0.15) is 0 Å². The number of anilines is 1. The molecule has 8 heteroatoms. The number of nitrogens with zero attached hydrogens (tertiary/aromatic N) is 3. The number of hydrogen-bond donors (Lipinski definition) is 1. The molecule has 2 amide bonds. The molecule has 1 fully saturated rings. The van der Waals surface area contributed by atoms with Crippen molar-refractivity contribution in [1.29, 1.82) is 0 Å². The van der Waals surface area contributed by atoms with Gasteiger partial charge in [0.15, 0.2) is 10.9 Å². The summed E-state index contributed by atoms with van der Waals surface area (Å²) in [5.74, 6) is -0.235. The van der Waals surface area contributed by atoms with Crippen molar-refractivity contribution in [3.05, 3.63) is 28.2 Å². The van der Waals surface area contributed by atoms with Crippen LogP contribution in [0.5, 0.6) is 0 Å². The van der Waals surface area contributed by atoms with Gasteiger partial charge in [0.25, 0.3) is 5.91 Å². The summed E-state index contributed by atoms with van der Waals surface area (Å²) >= 11 is 4.78. The van der Waals surface area contributed by atoms with E-state index in [2.05, 4.69) is 38.4 Å². The van der Waals surface area contributed by atoms with Crippen molar-refractivity contribution in [1.82, 2.24) is 4.90 Å². The van der Waals surface area contributed by atoms with E-state index in [1.54, 1.807) is 4.90 Å². The van der Waals surface area contributed by atoms with Crippen LogP contribution in [0.1, 0.15) is 32.3 Å². The fraction of sp³-hybridized carbons (Fsp3) is 0.375. The van der Waals surface area contributed by atoms with E-state index in [9.17, 15) is 9.59 Å². The molecular formula is C16H17BrN4O2S. The second-order valence-electron chi connectivity index (χ2n) is 5.58. The standard InChI is InChI=1S/C16H17BrN4O2S/c1-3-4-7-21-15(23)9(2)24-16(21)20-19-13-11-8-10(17)5-6-12(11)18-14(13)22/h5-6,8-9H,3-4,7H2,1-2H3,(H,18,19,22)/b20-16+. The highest BCUT2D eigenvalue weighted by Crippen LogP contribution is 2.29. The van der Waals surface area contributed by atoms with Gasteiger partial charge in [0.2, 0.25) is 5.91 Å². The lowest BCUT2D eigenvalue weighted by Gasteiger charge is -2.14. The van der Waals surface area contributed by atoms with Crippen molar-refractivity contribution in [2.75, 3.05) is 11.9 Å². The summed E-state index contributed by atoms with van der Waals surface area (Å²) in [4.78, 5) is 26.0. The van der Waals surface area contributed by atoms with Gasteiger partial charge in [-0.3, -0.25) is 14.5 Å². The van der Waals surface area contributed by atoms with E-state index in [1.807, 2.05) is 25.1 Å². The Morgan fingerprint density at radius 3 is 2.88 bits per heavy atom. The van der Waals surface area contributed by atoms with Gasteiger partial charge in [-0.1, -0.05) is 41.0 Å². The summed E-state index contributed by atoms with van der Waals surface area (Å²) in [6.07, 6.45) is 1.90. The Kier molecular flexibility index (Phi) is 5.05. The van der Waals surface area contributed by atoms with Gasteiger partial charge in [-0.2, -0.15) is 0 Å². The molecule has 1 aromatic rings. The third-order valence-corrected chi connectivity index (χ3v) is 5.36. The Morgan fingerprint density at radius 1 is 1.33 bits per heavy atom. The average Bonchev–Trinajstić information content (AvgIpc) is 3.00. The number of carbonyl (C=O) groups is 2. The molecule has 3 rings (SSSR count). The zero-order valence-corrected chi connectivity index (χ0v) is 15.8. The minimum atomic E-state index is -0.282. The molecule has 0 spiro atoms. The average molecular weight is 409 g/mol. The quantitative estimate of drug-likeness (QED) is 0.776. The van der Waals surface area contributed by atoms with Gasteiger partial charge < -0.3 is 5.32 Å². The molecule has 1 saturated heterocycles. The van der Waals surface area contributed by atoms with Crippen molar-refractivity contribution in [3.63, 3.8) is 0 Å². The molecule has 0 aliphatic carbocycles. The maximum absolute atomic E-state index is 12.2. The van der Waals surface area contributed by atoms with Crippen LogP contribution in [0.4, 0.5) is 5.69 Å². The molecule has 0 bridgehead atoms. The first-order chi connectivity index (χ1) is 11.5. The summed E-state index contributed by atoms with van der Waals surface area (Å²) in [6.45, 7) is 4.56. The number of hydrogen-bond acceptors (Lipinski definition) is 5. The van der Waals surface area contributed by atoms with E-state index < -0.39 is 0 Å². The van der Waals surface area contributed by atoms with E-state index in [-0.39, 0.29) is 22.8 Å². The first-order valence-electron chi connectivity index (χ1n) is 7.76. The van der Waals surface area contributed by atoms with Crippen LogP contribution in [-0.4, -0.2) is 39.4 Å². The molecule has 1 unspecified atom stereocenters. The largest absolute Gasteiger partial charge is 0.320 e. The van der Waals surface area contributed by atoms with E-state index in [0.29, 0.717) is 23.0 Å². The third-order valence-electron chi connectivity index (χ3n) is 3.80. The predicted molar refractivity (Wildman–Crippen MR) is 100 cm³/mol. The molecule has 2 aliphatic rings. The van der Waals surface area contributed by atoms with Gasteiger partial charge in [-0.15, -0.1) is 10.2 Å². The Labute approximate surface area is 152 Å². The van der Waals surface area contributed by atoms with Crippen LogP contribution in [0.3, 0.4) is 0 Å². The molecule has 6 nitrogen and oxygen atoms in total. The highest BCUT2D eigenvalue weighted by molar-refractivity contribution is 9.10. The maximum atomic E-state index is 12.2. The molecule has 2 aliphatic heterocycles. The summed E-state index contributed by atoms with van der Waals surface area (Å²) in [7, 11) is 0. The van der Waals surface area contributed by atoms with Crippen LogP contribution in [0.25, 0.3) is 0 Å². The number of carbonyl (C=O) groups excluding carboxylic acids is 2. The number of fused-ring (bicyclic) bond motifs is 1. The van der Waals surface area contributed by atoms with Crippen molar-refractivity contribution in [3.8, 4) is 0 Å². The molecule has 0 aromatic heterocycles. The van der Waals surface area contributed by atoms with E-state index in [4.69, 9.17) is 0 Å². The van der Waals surface area contributed by atoms with Gasteiger partial charge >= 0.3 is 0 Å². The molecular weight excluding hydrogens is 392 g/mol. The number of amidine groups is 1. The molecule has 0 radical (unpaired) electrons. The van der Waals surface area contributed by atoms with Crippen molar-refractivity contribution in [2.24, 2.45) is 10.2 Å². The summed E-state index contributed by atoms with van der Waals surface area (Å²) in [5.41, 5.74) is 1.69. The Bertz CT molecular complexity index is 762. The number of halogens is 1. The highest BCUT2D eigenvalue weighted by Gasteiger charge is 2.35. The van der Waals surface area contributed by atoms with Crippen LogP contribution in [0.2, 0.25) is 0 Å². The van der Waals surface area contributed by atoms with Crippen LogP contribution in [0, 0.1) is 0 Å². The lowest BCUT2D eigenvalue weighted by atomic mass is 10.1. The fourth-order valence-electron chi connectivity index (χ4n) is 2.50. The molecule has 1 atom stereocenters. The number of unbranched alkanes of at least 4 members (excludes halogenated alkanes) is 1. The molecule has 126 valence electrons. The zero-order valence-electron chi connectivity index (χ0n) is 13.4. The van der Waals surface area contributed by atoms with Crippen molar-refractivity contribution >= 4 is 56.1 Å². The summed E-state index contributed by atoms with van der Waals surface area (Å²) < 4.78 is 0.863. The molecule has 24 heavy (non-hydrogen) atoms. The van der Waals surface area contributed by atoms with Crippen LogP contribution in [0.15, 0.2) is 32.9 Å². The highest BCUT2D eigenvalue weighted by atomic mass is 79.9. The van der Waals surface area contributed by atoms with Gasteiger partial charge in [-0.25, -0.2) is 0 Å². The lowest BCUT2D eigenvalue weighted by Crippen LogP contribution is -2.32. The Morgan fingerprint density at radius 2 is 2.12 bits per heavy atom. The topological polar surface area (TPSA) is 74.1 Å². The minimum absolute atomic E-state index is 0.0476. The normalized spacial score (nSPS) is 23.3. The number of amides is 2. The molecule has 1 aromatic carbocycles. The lowest BCUT2D eigenvalue weighted by molar-refractivity contribution is -0.125. The van der Waals surface area contributed by atoms with Crippen molar-refractivity contribution < 1.29 is 9.59 Å². The summed E-state index contributed by atoms with van der Waals surface area (Å²) in [6, 6.07) is 5.50. The van der Waals surface area contributed by atoms with Gasteiger partial charge in [0.05, 0.1) is 10.9 Å². The Hall–Kier alpha value is -1.67. The third kappa shape index (κ3) is 3.25. The SMILES string of the molecule is CCCCN1C(=O)C(C)S/C1=N/N=C1\C(=O)Nc2ccc(Br)cc21. The zero-order chi connectivity index (χ0) is 17.3. The van der Waals surface area contributed by atoms with Crippen LogP contribution in [-0.2, 0) is 9.59 Å². The van der Waals surface area contributed by atoms with E-state index >= 15 is 0 Å². The number of rotatable bonds is 4. The van der Waals surface area contributed by atoms with E-state index in [0.717, 1.165) is 17.3 Å². The maximum Gasteiger partial charge on any atom is 0.276 e. The van der Waals surface area contributed by atoms with Gasteiger partial charge in [-0.05, 0) is 31.5 Å². The van der Waals surface area contributed by atoms with Crippen LogP contribution >= 0.6 is 27.7 Å². The molecule has 2 heterocycles. The van der Waals surface area contributed by atoms with Crippen LogP contribution < -0.4 is 5.32 Å². The molecule has 1 N–H and O–H groups in total. The van der Waals surface area contributed by atoms with Gasteiger partial charge in [0, 0.05) is 16.6 Å². The minimum Gasteiger partial charge on any atom is -0.320 e. The van der Waals surface area contributed by atoms with Crippen molar-refractivity contribution in [2.45, 2.75) is 31.9 Å². The number of benzene rings is 1. The number of nitrogens with one attached hydrogen (secondary N) is 1. The second-order valence-corrected chi connectivity index (χ2v) is 7.80. The first-order valence-corrected chi connectivity index (χ1v) is 9.43. The van der Waals surface area contributed by atoms with E-state index in [1.165, 1.54) is 11.8 Å². The summed E-state index contributed by atoms with van der Waals surface area (Å²) in [5, 5.41) is 11.5. The second kappa shape index (κ2) is 7.06. The molecule has 0 saturated carbocycles.